The van der Waals surface area contributed by atoms with Crippen LogP contribution < -0.4 is 17.0 Å². The lowest BCUT2D eigenvalue weighted by Gasteiger charge is -2.10. The molecule has 1 heterocycles. The molecule has 1 aromatic heterocycles. The second kappa shape index (κ2) is 4.65. The Balaban J connectivity index is 3.11. The summed E-state index contributed by atoms with van der Waals surface area (Å²) in [5.41, 5.74) is 3.98. The molecule has 7 heteroatoms. The molecule has 0 radical (unpaired) electrons. The van der Waals surface area contributed by atoms with Crippen molar-refractivity contribution in [2.45, 2.75) is 19.9 Å². The van der Waals surface area contributed by atoms with Crippen molar-refractivity contribution in [3.05, 3.63) is 26.9 Å². The van der Waals surface area contributed by atoms with Gasteiger partial charge in [-0.15, -0.1) is 0 Å². The van der Waals surface area contributed by atoms with Gasteiger partial charge in [0, 0.05) is 12.6 Å². The standard InChI is InChI=1S/C9H13N3O4/c1-2-5(8(14)15)4-12-7(13)3-6(10)11-9(12)16/h3,5H,2,4,10H2,1H3,(H,11,16)(H,14,15). The Hall–Kier alpha value is -2.05. The summed E-state index contributed by atoms with van der Waals surface area (Å²) >= 11 is 0. The number of H-pyrrole nitrogens is 1. The van der Waals surface area contributed by atoms with Crippen LogP contribution in [0.15, 0.2) is 15.7 Å². The van der Waals surface area contributed by atoms with Crippen molar-refractivity contribution in [1.29, 1.82) is 0 Å². The Kier molecular flexibility index (Phi) is 3.49. The second-order valence-electron chi connectivity index (χ2n) is 3.42. The molecule has 0 aliphatic heterocycles. The molecule has 0 saturated carbocycles. The SMILES string of the molecule is CCC(Cn1c(=O)cc(N)[nH]c1=O)C(=O)O. The smallest absolute Gasteiger partial charge is 0.329 e. The van der Waals surface area contributed by atoms with Crippen LogP contribution in [0.4, 0.5) is 5.82 Å². The van der Waals surface area contributed by atoms with E-state index in [2.05, 4.69) is 4.98 Å². The number of aliphatic carboxylic acids is 1. The van der Waals surface area contributed by atoms with Crippen molar-refractivity contribution in [3.8, 4) is 0 Å². The van der Waals surface area contributed by atoms with Gasteiger partial charge in [-0.2, -0.15) is 0 Å². The number of nitrogens with one attached hydrogen (secondary N) is 1. The Labute approximate surface area is 90.5 Å². The molecule has 16 heavy (non-hydrogen) atoms. The van der Waals surface area contributed by atoms with Gasteiger partial charge in [-0.25, -0.2) is 4.79 Å². The molecular formula is C9H13N3O4. The fourth-order valence-corrected chi connectivity index (χ4v) is 1.31. The number of aromatic amines is 1. The molecule has 0 bridgehead atoms. The van der Waals surface area contributed by atoms with Crippen LogP contribution in [0.5, 0.6) is 0 Å². The van der Waals surface area contributed by atoms with E-state index >= 15 is 0 Å². The van der Waals surface area contributed by atoms with Crippen molar-refractivity contribution in [1.82, 2.24) is 9.55 Å². The van der Waals surface area contributed by atoms with Crippen LogP contribution in [0.3, 0.4) is 0 Å². The maximum absolute atomic E-state index is 11.4. The first-order valence-electron chi connectivity index (χ1n) is 4.78. The van der Waals surface area contributed by atoms with Gasteiger partial charge in [0.15, 0.2) is 0 Å². The molecule has 0 aliphatic carbocycles. The summed E-state index contributed by atoms with van der Waals surface area (Å²) in [6.07, 6.45) is 0.339. The molecule has 4 N–H and O–H groups in total. The average Bonchev–Trinajstić information content (AvgIpc) is 2.15. The van der Waals surface area contributed by atoms with Gasteiger partial charge in [0.2, 0.25) is 0 Å². The Morgan fingerprint density at radius 1 is 1.62 bits per heavy atom. The van der Waals surface area contributed by atoms with E-state index in [0.29, 0.717) is 6.42 Å². The molecule has 0 spiro atoms. The van der Waals surface area contributed by atoms with Crippen LogP contribution in [-0.2, 0) is 11.3 Å². The van der Waals surface area contributed by atoms with Gasteiger partial charge in [0.25, 0.3) is 5.56 Å². The maximum atomic E-state index is 11.4. The van der Waals surface area contributed by atoms with E-state index in [9.17, 15) is 14.4 Å². The number of carboxylic acid groups (broad SMARTS) is 1. The first-order valence-corrected chi connectivity index (χ1v) is 4.78. The summed E-state index contributed by atoms with van der Waals surface area (Å²) in [4.78, 5) is 35.8. The summed E-state index contributed by atoms with van der Waals surface area (Å²) in [6, 6.07) is 1.05. The van der Waals surface area contributed by atoms with Crippen LogP contribution in [0.1, 0.15) is 13.3 Å². The van der Waals surface area contributed by atoms with E-state index in [1.807, 2.05) is 0 Å². The molecule has 1 atom stereocenters. The largest absolute Gasteiger partial charge is 0.481 e. The van der Waals surface area contributed by atoms with Gasteiger partial charge < -0.3 is 10.8 Å². The molecule has 0 aromatic carbocycles. The number of nitrogens with two attached hydrogens (primary N) is 1. The van der Waals surface area contributed by atoms with E-state index in [1.165, 1.54) is 0 Å². The van der Waals surface area contributed by atoms with Crippen molar-refractivity contribution in [2.75, 3.05) is 5.73 Å². The number of hydrogen-bond acceptors (Lipinski definition) is 4. The highest BCUT2D eigenvalue weighted by atomic mass is 16.4. The van der Waals surface area contributed by atoms with Crippen LogP contribution in [-0.4, -0.2) is 20.6 Å². The third-order valence-corrected chi connectivity index (χ3v) is 2.29. The van der Waals surface area contributed by atoms with Crippen LogP contribution in [0, 0.1) is 5.92 Å². The zero-order chi connectivity index (χ0) is 12.3. The van der Waals surface area contributed by atoms with Gasteiger partial charge in [0.05, 0.1) is 5.92 Å². The zero-order valence-corrected chi connectivity index (χ0v) is 8.77. The molecule has 1 unspecified atom stereocenters. The highest BCUT2D eigenvalue weighted by Crippen LogP contribution is 2.03. The molecule has 0 fully saturated rings. The summed E-state index contributed by atoms with van der Waals surface area (Å²) in [5, 5.41) is 8.82. The minimum absolute atomic E-state index is 0.0328. The molecule has 0 amide bonds. The zero-order valence-electron chi connectivity index (χ0n) is 8.77. The fraction of sp³-hybridized carbons (Fsp3) is 0.444. The predicted molar refractivity (Wildman–Crippen MR) is 57.2 cm³/mol. The first-order chi connectivity index (χ1) is 7.45. The monoisotopic (exact) mass is 227 g/mol. The van der Waals surface area contributed by atoms with Crippen molar-refractivity contribution < 1.29 is 9.90 Å². The number of hydrogen-bond donors (Lipinski definition) is 3. The Morgan fingerprint density at radius 3 is 2.69 bits per heavy atom. The van der Waals surface area contributed by atoms with Gasteiger partial charge in [-0.05, 0) is 6.42 Å². The molecule has 7 nitrogen and oxygen atoms in total. The molecule has 1 aromatic rings. The minimum atomic E-state index is -1.04. The topological polar surface area (TPSA) is 118 Å². The minimum Gasteiger partial charge on any atom is -0.481 e. The third kappa shape index (κ3) is 2.50. The van der Waals surface area contributed by atoms with E-state index in [0.717, 1.165) is 10.6 Å². The highest BCUT2D eigenvalue weighted by Gasteiger charge is 2.17. The van der Waals surface area contributed by atoms with E-state index in [-0.39, 0.29) is 12.4 Å². The fourth-order valence-electron chi connectivity index (χ4n) is 1.31. The summed E-state index contributed by atoms with van der Waals surface area (Å²) in [5.74, 6) is -1.83. The maximum Gasteiger partial charge on any atom is 0.329 e. The van der Waals surface area contributed by atoms with E-state index < -0.39 is 23.1 Å². The molecular weight excluding hydrogens is 214 g/mol. The number of carboxylic acids is 1. The van der Waals surface area contributed by atoms with Crippen molar-refractivity contribution in [3.63, 3.8) is 0 Å². The van der Waals surface area contributed by atoms with Gasteiger partial charge in [0.1, 0.15) is 5.82 Å². The Morgan fingerprint density at radius 2 is 2.25 bits per heavy atom. The third-order valence-electron chi connectivity index (χ3n) is 2.29. The molecule has 0 saturated heterocycles. The van der Waals surface area contributed by atoms with Crippen molar-refractivity contribution in [2.24, 2.45) is 5.92 Å². The molecule has 88 valence electrons. The van der Waals surface area contributed by atoms with Gasteiger partial charge in [-0.3, -0.25) is 19.1 Å². The van der Waals surface area contributed by atoms with Gasteiger partial charge >= 0.3 is 11.7 Å². The summed E-state index contributed by atoms with van der Waals surface area (Å²) < 4.78 is 0.832. The van der Waals surface area contributed by atoms with Crippen LogP contribution >= 0.6 is 0 Å². The Bertz CT molecular complexity index is 471. The number of rotatable bonds is 4. The number of anilines is 1. The first kappa shape index (κ1) is 12.0. The number of aromatic nitrogens is 2. The number of nitrogen functional groups attached to an aromatic ring is 1. The van der Waals surface area contributed by atoms with E-state index in [4.69, 9.17) is 10.8 Å². The van der Waals surface area contributed by atoms with Crippen molar-refractivity contribution >= 4 is 11.8 Å². The predicted octanol–water partition coefficient (Wildman–Crippen LogP) is -0.770. The lowest BCUT2D eigenvalue weighted by Crippen LogP contribution is -2.38. The van der Waals surface area contributed by atoms with Gasteiger partial charge in [-0.1, -0.05) is 6.92 Å². The highest BCUT2D eigenvalue weighted by molar-refractivity contribution is 5.69. The van der Waals surface area contributed by atoms with Crippen LogP contribution in [0.25, 0.3) is 0 Å². The number of carbonyl (C=O) groups is 1. The van der Waals surface area contributed by atoms with E-state index in [1.54, 1.807) is 6.92 Å². The molecule has 1 rings (SSSR count). The summed E-state index contributed by atoms with van der Waals surface area (Å²) in [7, 11) is 0. The summed E-state index contributed by atoms with van der Waals surface area (Å²) in [6.45, 7) is 1.52. The van der Waals surface area contributed by atoms with Crippen LogP contribution in [0.2, 0.25) is 0 Å². The number of nitrogens with zero attached hydrogens (tertiary/aromatic N) is 1. The quantitative estimate of drug-likeness (QED) is 0.624. The normalized spacial score (nSPS) is 12.3. The average molecular weight is 227 g/mol. The lowest BCUT2D eigenvalue weighted by molar-refractivity contribution is -0.142. The lowest BCUT2D eigenvalue weighted by atomic mass is 10.1. The molecule has 0 aliphatic rings. The second-order valence-corrected chi connectivity index (χ2v) is 3.42.